The molecule has 9 heteroatoms. The first kappa shape index (κ1) is 21.1. The van der Waals surface area contributed by atoms with Crippen molar-refractivity contribution in [3.8, 4) is 5.75 Å². The van der Waals surface area contributed by atoms with Gasteiger partial charge in [-0.25, -0.2) is 0 Å². The fourth-order valence-electron chi connectivity index (χ4n) is 3.74. The maximum Gasteiger partial charge on any atom is 0.294 e. The van der Waals surface area contributed by atoms with Crippen LogP contribution in [0.1, 0.15) is 17.5 Å². The smallest absolute Gasteiger partial charge is 0.294 e. The molecule has 0 saturated carbocycles. The molecule has 0 spiro atoms. The molecular formula is C23H21N3O6. The average Bonchev–Trinajstić information content (AvgIpc) is 2.82. The van der Waals surface area contributed by atoms with Crippen LogP contribution in [0.5, 0.6) is 5.75 Å². The minimum absolute atomic E-state index is 0.0385. The molecule has 2 aromatic carbocycles. The lowest BCUT2D eigenvalue weighted by molar-refractivity contribution is -0.757. The van der Waals surface area contributed by atoms with Crippen LogP contribution < -0.4 is 4.74 Å². The predicted octanol–water partition coefficient (Wildman–Crippen LogP) is 3.21. The highest BCUT2D eigenvalue weighted by Gasteiger charge is 2.43. The lowest BCUT2D eigenvalue weighted by Gasteiger charge is -2.38. The van der Waals surface area contributed by atoms with Gasteiger partial charge in [-0.05, 0) is 29.3 Å². The number of aliphatic imine (C=N–C) groups is 1. The number of ether oxygens (including phenoxy) is 2. The van der Waals surface area contributed by atoms with E-state index in [0.717, 1.165) is 11.1 Å². The van der Waals surface area contributed by atoms with E-state index in [4.69, 9.17) is 14.5 Å². The molecular weight excluding hydrogens is 414 g/mol. The quantitative estimate of drug-likeness (QED) is 0.358. The van der Waals surface area contributed by atoms with E-state index < -0.39 is 10.6 Å². The van der Waals surface area contributed by atoms with Gasteiger partial charge in [-0.1, -0.05) is 42.5 Å². The third-order valence-corrected chi connectivity index (χ3v) is 5.25. The van der Waals surface area contributed by atoms with Gasteiger partial charge in [0, 0.05) is 12.3 Å². The average molecular weight is 435 g/mol. The zero-order valence-electron chi connectivity index (χ0n) is 17.3. The van der Waals surface area contributed by atoms with E-state index in [9.17, 15) is 14.9 Å². The number of hydrogen-bond acceptors (Lipinski definition) is 7. The minimum atomic E-state index is -0.919. The molecule has 9 nitrogen and oxygen atoms in total. The van der Waals surface area contributed by atoms with Gasteiger partial charge < -0.3 is 14.3 Å². The van der Waals surface area contributed by atoms with Crippen LogP contribution in [0.15, 0.2) is 83.7 Å². The molecule has 0 radical (unpaired) electrons. The van der Waals surface area contributed by atoms with Crippen molar-refractivity contribution in [1.29, 1.82) is 0 Å². The van der Waals surface area contributed by atoms with E-state index in [0.29, 0.717) is 17.3 Å². The molecule has 0 bridgehead atoms. The fraction of sp³-hybridized carbons (Fsp3) is 0.217. The number of rotatable bonds is 8. The van der Waals surface area contributed by atoms with Crippen molar-refractivity contribution in [2.24, 2.45) is 4.99 Å². The number of allylic oxidation sites excluding steroid dienone is 1. The number of carbonyl (C=O) groups excluding carboxylic acids is 1. The normalized spacial score (nSPS) is 19.5. The van der Waals surface area contributed by atoms with Gasteiger partial charge in [0.2, 0.25) is 5.91 Å². The van der Waals surface area contributed by atoms with Crippen LogP contribution >= 0.6 is 0 Å². The van der Waals surface area contributed by atoms with Crippen LogP contribution in [-0.4, -0.2) is 42.1 Å². The highest BCUT2D eigenvalue weighted by atomic mass is 17.0. The zero-order valence-corrected chi connectivity index (χ0v) is 17.3. The standard InChI is InChI=1S/C23H21N3O6/c1-30-20-11-12-25-21(15-20)24-23(16-22(25)27,17-5-3-2-4-6-17)18-7-9-19(10-8-18)31-13-14-32-26(28)29/h2-12,15H,13-14,16H2,1H3. The summed E-state index contributed by atoms with van der Waals surface area (Å²) in [6.45, 7) is -0.126. The van der Waals surface area contributed by atoms with Gasteiger partial charge in [0.25, 0.3) is 5.09 Å². The van der Waals surface area contributed by atoms with Crippen molar-refractivity contribution < 1.29 is 24.2 Å². The molecule has 32 heavy (non-hydrogen) atoms. The number of amidine groups is 1. The van der Waals surface area contributed by atoms with Crippen molar-refractivity contribution in [3.05, 3.63) is 99.9 Å². The number of methoxy groups -OCH3 is 1. The molecule has 0 saturated heterocycles. The maximum atomic E-state index is 13.1. The van der Waals surface area contributed by atoms with Crippen molar-refractivity contribution in [2.75, 3.05) is 20.3 Å². The van der Waals surface area contributed by atoms with Crippen molar-refractivity contribution in [3.63, 3.8) is 0 Å². The fourth-order valence-corrected chi connectivity index (χ4v) is 3.74. The number of fused-ring (bicyclic) bond motifs is 1. The summed E-state index contributed by atoms with van der Waals surface area (Å²) in [5.41, 5.74) is 0.785. The molecule has 1 atom stereocenters. The molecule has 1 unspecified atom stereocenters. The van der Waals surface area contributed by atoms with Gasteiger partial charge in [0.1, 0.15) is 36.1 Å². The Morgan fingerprint density at radius 1 is 1.09 bits per heavy atom. The van der Waals surface area contributed by atoms with E-state index in [1.165, 1.54) is 4.90 Å². The Bertz CT molecular complexity index is 1090. The van der Waals surface area contributed by atoms with Crippen LogP contribution in [0.25, 0.3) is 0 Å². The Kier molecular flexibility index (Phi) is 5.89. The first-order chi connectivity index (χ1) is 15.5. The Balaban J connectivity index is 1.70. The summed E-state index contributed by atoms with van der Waals surface area (Å²) in [5, 5.41) is 9.38. The van der Waals surface area contributed by atoms with Gasteiger partial charge in [-0.2, -0.15) is 0 Å². The lowest BCUT2D eigenvalue weighted by Crippen LogP contribution is -2.45. The van der Waals surface area contributed by atoms with Crippen molar-refractivity contribution >= 4 is 11.7 Å². The zero-order chi connectivity index (χ0) is 22.6. The minimum Gasteiger partial charge on any atom is -0.497 e. The van der Waals surface area contributed by atoms with E-state index >= 15 is 0 Å². The van der Waals surface area contributed by atoms with Crippen LogP contribution in [-0.2, 0) is 19.9 Å². The summed E-state index contributed by atoms with van der Waals surface area (Å²) in [6.07, 6.45) is 5.28. The van der Waals surface area contributed by atoms with Crippen LogP contribution in [0.3, 0.4) is 0 Å². The highest BCUT2D eigenvalue weighted by molar-refractivity contribution is 6.09. The number of nitrogens with zero attached hydrogens (tertiary/aromatic N) is 3. The number of carbonyl (C=O) groups is 1. The molecule has 2 aliphatic rings. The summed E-state index contributed by atoms with van der Waals surface area (Å²) in [5.74, 6) is 1.56. The second-order valence-electron chi connectivity index (χ2n) is 7.13. The first-order valence-corrected chi connectivity index (χ1v) is 9.94. The molecule has 4 rings (SSSR count). The van der Waals surface area contributed by atoms with Gasteiger partial charge in [0.05, 0.1) is 13.5 Å². The monoisotopic (exact) mass is 435 g/mol. The molecule has 2 aliphatic heterocycles. The van der Waals surface area contributed by atoms with Crippen LogP contribution in [0.4, 0.5) is 0 Å². The Morgan fingerprint density at radius 3 is 2.50 bits per heavy atom. The summed E-state index contributed by atoms with van der Waals surface area (Å²) in [4.78, 5) is 34.2. The second-order valence-corrected chi connectivity index (χ2v) is 7.13. The molecule has 0 N–H and O–H groups in total. The van der Waals surface area contributed by atoms with Crippen molar-refractivity contribution in [1.82, 2.24) is 4.90 Å². The van der Waals surface area contributed by atoms with Crippen LogP contribution in [0, 0.1) is 10.1 Å². The Hall–Kier alpha value is -4.14. The summed E-state index contributed by atoms with van der Waals surface area (Å²) >= 11 is 0. The van der Waals surface area contributed by atoms with Crippen LogP contribution in [0.2, 0.25) is 0 Å². The molecule has 0 fully saturated rings. The summed E-state index contributed by atoms with van der Waals surface area (Å²) < 4.78 is 10.8. The molecule has 2 heterocycles. The molecule has 2 aromatic rings. The van der Waals surface area contributed by atoms with Gasteiger partial charge in [0.15, 0.2) is 0 Å². The third-order valence-electron chi connectivity index (χ3n) is 5.25. The maximum absolute atomic E-state index is 13.1. The number of hydrogen-bond donors (Lipinski definition) is 0. The lowest BCUT2D eigenvalue weighted by atomic mass is 9.79. The Labute approximate surface area is 184 Å². The van der Waals surface area contributed by atoms with Gasteiger partial charge in [-0.15, -0.1) is 10.1 Å². The predicted molar refractivity (Wildman–Crippen MR) is 115 cm³/mol. The van der Waals surface area contributed by atoms with E-state index in [1.807, 2.05) is 42.5 Å². The molecule has 0 aliphatic carbocycles. The van der Waals surface area contributed by atoms with Gasteiger partial charge in [-0.3, -0.25) is 14.7 Å². The number of amides is 1. The first-order valence-electron chi connectivity index (χ1n) is 9.94. The molecule has 164 valence electrons. The number of benzene rings is 2. The second kappa shape index (κ2) is 8.93. The highest BCUT2D eigenvalue weighted by Crippen LogP contribution is 2.41. The van der Waals surface area contributed by atoms with E-state index in [-0.39, 0.29) is 25.5 Å². The summed E-state index contributed by atoms with van der Waals surface area (Å²) in [7, 11) is 1.57. The summed E-state index contributed by atoms with van der Waals surface area (Å²) in [6, 6.07) is 16.8. The molecule has 0 aromatic heterocycles. The van der Waals surface area contributed by atoms with Crippen molar-refractivity contribution in [2.45, 2.75) is 12.0 Å². The van der Waals surface area contributed by atoms with E-state index in [1.54, 1.807) is 37.6 Å². The Morgan fingerprint density at radius 2 is 1.81 bits per heavy atom. The SMILES string of the molecule is COC1=CC2=NC(c3ccccc3)(c3ccc(OCCO[N+](=O)[O-])cc3)CC(=O)N2C=C1. The van der Waals surface area contributed by atoms with E-state index in [2.05, 4.69) is 4.84 Å². The molecule has 1 amide bonds. The third kappa shape index (κ3) is 4.18. The largest absolute Gasteiger partial charge is 0.497 e. The topological polar surface area (TPSA) is 103 Å². The van der Waals surface area contributed by atoms with Gasteiger partial charge >= 0.3 is 0 Å².